The molecule has 0 atom stereocenters. The van der Waals surface area contributed by atoms with Gasteiger partial charge in [0.25, 0.3) is 0 Å². The summed E-state index contributed by atoms with van der Waals surface area (Å²) < 4.78 is 7.19. The molecule has 0 fully saturated rings. The van der Waals surface area contributed by atoms with Crippen molar-refractivity contribution in [2.24, 2.45) is 0 Å². The van der Waals surface area contributed by atoms with Gasteiger partial charge in [-0.15, -0.1) is 0 Å². The third-order valence-electron chi connectivity index (χ3n) is 3.74. The summed E-state index contributed by atoms with van der Waals surface area (Å²) in [6.45, 7) is 5.95. The van der Waals surface area contributed by atoms with Gasteiger partial charge in [-0.05, 0) is 33.0 Å². The van der Waals surface area contributed by atoms with Gasteiger partial charge < -0.3 is 10.1 Å². The molecule has 0 saturated carbocycles. The van der Waals surface area contributed by atoms with Gasteiger partial charge in [0, 0.05) is 24.3 Å². The number of methoxy groups -OCH3 is 1. The molecule has 1 N–H and O–H groups in total. The number of carbonyl (C=O) groups is 1. The van der Waals surface area contributed by atoms with Gasteiger partial charge in [-0.2, -0.15) is 5.10 Å². The number of aromatic nitrogens is 2. The summed E-state index contributed by atoms with van der Waals surface area (Å²) in [5.41, 5.74) is 2.97. The number of rotatable bonds is 7. The van der Waals surface area contributed by atoms with Gasteiger partial charge in [-0.1, -0.05) is 12.1 Å². The minimum Gasteiger partial charge on any atom is -0.495 e. The maximum absolute atomic E-state index is 12.2. The lowest BCUT2D eigenvalue weighted by Crippen LogP contribution is -2.30. The molecule has 2 aromatic rings. The molecule has 124 valence electrons. The van der Waals surface area contributed by atoms with Crippen molar-refractivity contribution in [2.45, 2.75) is 26.9 Å². The van der Waals surface area contributed by atoms with Gasteiger partial charge in [-0.25, -0.2) is 0 Å². The monoisotopic (exact) mass is 316 g/mol. The number of hydrogen-bond donors (Lipinski definition) is 1. The number of ether oxygens (including phenoxy) is 1. The first kappa shape index (κ1) is 17.0. The lowest BCUT2D eigenvalue weighted by atomic mass is 10.2. The maximum Gasteiger partial charge on any atom is 0.238 e. The van der Waals surface area contributed by atoms with Crippen molar-refractivity contribution in [3.05, 3.63) is 41.7 Å². The van der Waals surface area contributed by atoms with E-state index in [0.717, 1.165) is 17.8 Å². The van der Waals surface area contributed by atoms with Crippen molar-refractivity contribution in [1.82, 2.24) is 14.7 Å². The van der Waals surface area contributed by atoms with E-state index in [9.17, 15) is 4.79 Å². The van der Waals surface area contributed by atoms with E-state index in [1.165, 1.54) is 0 Å². The number of anilines is 1. The van der Waals surface area contributed by atoms with Crippen LogP contribution >= 0.6 is 0 Å². The Bertz CT molecular complexity index is 666. The van der Waals surface area contributed by atoms with Gasteiger partial charge in [0.05, 0.1) is 25.5 Å². The number of nitrogens with one attached hydrogen (secondary N) is 1. The van der Waals surface area contributed by atoms with E-state index < -0.39 is 0 Å². The summed E-state index contributed by atoms with van der Waals surface area (Å²) in [5.74, 6) is 0.584. The van der Waals surface area contributed by atoms with E-state index >= 15 is 0 Å². The summed E-state index contributed by atoms with van der Waals surface area (Å²) in [7, 11) is 3.51. The van der Waals surface area contributed by atoms with Crippen molar-refractivity contribution in [3.8, 4) is 5.75 Å². The first-order valence-electron chi connectivity index (χ1n) is 7.67. The first-order valence-corrected chi connectivity index (χ1v) is 7.67. The van der Waals surface area contributed by atoms with Crippen LogP contribution in [-0.4, -0.2) is 41.3 Å². The average Bonchev–Trinajstić information content (AvgIpc) is 2.87. The quantitative estimate of drug-likeness (QED) is 0.851. The van der Waals surface area contributed by atoms with Crippen LogP contribution < -0.4 is 10.1 Å². The third-order valence-corrected chi connectivity index (χ3v) is 3.74. The normalized spacial score (nSPS) is 10.8. The Morgan fingerprint density at radius 2 is 2.13 bits per heavy atom. The molecule has 6 heteroatoms. The van der Waals surface area contributed by atoms with Crippen LogP contribution in [0.2, 0.25) is 0 Å². The van der Waals surface area contributed by atoms with Crippen LogP contribution in [0.5, 0.6) is 5.75 Å². The minimum atomic E-state index is -0.0717. The fourth-order valence-corrected chi connectivity index (χ4v) is 2.49. The molecule has 0 aliphatic rings. The fraction of sp³-hybridized carbons (Fsp3) is 0.412. The Hall–Kier alpha value is -2.34. The zero-order valence-electron chi connectivity index (χ0n) is 14.2. The lowest BCUT2D eigenvalue weighted by molar-refractivity contribution is -0.117. The third kappa shape index (κ3) is 4.32. The average molecular weight is 316 g/mol. The number of hydrogen-bond acceptors (Lipinski definition) is 4. The van der Waals surface area contributed by atoms with E-state index in [-0.39, 0.29) is 5.91 Å². The second kappa shape index (κ2) is 7.78. The Labute approximate surface area is 137 Å². The lowest BCUT2D eigenvalue weighted by Gasteiger charge is -2.17. The predicted molar refractivity (Wildman–Crippen MR) is 90.6 cm³/mol. The zero-order chi connectivity index (χ0) is 16.8. The largest absolute Gasteiger partial charge is 0.495 e. The van der Waals surface area contributed by atoms with E-state index in [0.29, 0.717) is 24.5 Å². The van der Waals surface area contributed by atoms with Gasteiger partial charge in [-0.3, -0.25) is 14.4 Å². The summed E-state index contributed by atoms with van der Waals surface area (Å²) in [6, 6.07) is 7.38. The maximum atomic E-state index is 12.2. The van der Waals surface area contributed by atoms with Crippen LogP contribution in [0, 0.1) is 6.92 Å². The highest BCUT2D eigenvalue weighted by Crippen LogP contribution is 2.22. The second-order valence-corrected chi connectivity index (χ2v) is 5.49. The summed E-state index contributed by atoms with van der Waals surface area (Å²) in [4.78, 5) is 14.2. The van der Waals surface area contributed by atoms with E-state index in [4.69, 9.17) is 4.74 Å². The molecule has 0 spiro atoms. The van der Waals surface area contributed by atoms with E-state index in [1.807, 2.05) is 47.1 Å². The summed E-state index contributed by atoms with van der Waals surface area (Å²) in [6.07, 6.45) is 1.87. The summed E-state index contributed by atoms with van der Waals surface area (Å²) in [5, 5.41) is 7.21. The van der Waals surface area contributed by atoms with Gasteiger partial charge in [0.2, 0.25) is 5.91 Å². The zero-order valence-corrected chi connectivity index (χ0v) is 14.2. The topological polar surface area (TPSA) is 59.4 Å². The van der Waals surface area contributed by atoms with Crippen LogP contribution in [0.4, 0.5) is 5.69 Å². The van der Waals surface area contributed by atoms with Crippen molar-refractivity contribution in [1.29, 1.82) is 0 Å². The second-order valence-electron chi connectivity index (χ2n) is 5.49. The number of para-hydroxylation sites is 2. The Balaban J connectivity index is 1.93. The number of nitrogens with zero attached hydrogens (tertiary/aromatic N) is 3. The highest BCUT2D eigenvalue weighted by Gasteiger charge is 2.12. The molecule has 0 radical (unpaired) electrons. The molecule has 1 amide bonds. The molecule has 23 heavy (non-hydrogen) atoms. The SMILES string of the molecule is CCn1ncc(CN(C)CC(=O)Nc2ccccc2OC)c1C. The molecular formula is C17H24N4O2. The summed E-state index contributed by atoms with van der Waals surface area (Å²) >= 11 is 0. The number of likely N-dealkylation sites (N-methyl/N-ethyl adjacent to an activating group) is 1. The van der Waals surface area contributed by atoms with Crippen LogP contribution in [0.25, 0.3) is 0 Å². The number of aryl methyl sites for hydroxylation is 1. The molecule has 0 aliphatic carbocycles. The van der Waals surface area contributed by atoms with E-state index in [1.54, 1.807) is 7.11 Å². The van der Waals surface area contributed by atoms with Crippen molar-refractivity contribution < 1.29 is 9.53 Å². The standard InChI is InChI=1S/C17H24N4O2/c1-5-21-13(2)14(10-18-21)11-20(3)12-17(22)19-15-8-6-7-9-16(15)23-4/h6-10H,5,11-12H2,1-4H3,(H,19,22). The van der Waals surface area contributed by atoms with E-state index in [2.05, 4.69) is 24.3 Å². The van der Waals surface area contributed by atoms with Crippen molar-refractivity contribution >= 4 is 11.6 Å². The number of benzene rings is 1. The van der Waals surface area contributed by atoms with Crippen LogP contribution in [0.1, 0.15) is 18.2 Å². The molecule has 1 aromatic carbocycles. The molecule has 1 aromatic heterocycles. The van der Waals surface area contributed by atoms with Crippen LogP contribution in [0.15, 0.2) is 30.5 Å². The predicted octanol–water partition coefficient (Wildman–Crippen LogP) is 2.29. The van der Waals surface area contributed by atoms with Gasteiger partial charge >= 0.3 is 0 Å². The van der Waals surface area contributed by atoms with Gasteiger partial charge in [0.15, 0.2) is 0 Å². The first-order chi connectivity index (χ1) is 11.0. The van der Waals surface area contributed by atoms with Crippen LogP contribution in [0.3, 0.4) is 0 Å². The molecule has 0 aliphatic heterocycles. The highest BCUT2D eigenvalue weighted by atomic mass is 16.5. The molecule has 6 nitrogen and oxygen atoms in total. The van der Waals surface area contributed by atoms with Gasteiger partial charge in [0.1, 0.15) is 5.75 Å². The highest BCUT2D eigenvalue weighted by molar-refractivity contribution is 5.93. The molecule has 0 saturated heterocycles. The van der Waals surface area contributed by atoms with Crippen molar-refractivity contribution in [2.75, 3.05) is 26.0 Å². The number of carbonyl (C=O) groups excluding carboxylic acids is 1. The Kier molecular flexibility index (Phi) is 5.76. The molecular weight excluding hydrogens is 292 g/mol. The Morgan fingerprint density at radius 3 is 2.78 bits per heavy atom. The molecule has 2 rings (SSSR count). The van der Waals surface area contributed by atoms with Crippen molar-refractivity contribution in [3.63, 3.8) is 0 Å². The van der Waals surface area contributed by atoms with Crippen LogP contribution in [-0.2, 0) is 17.9 Å². The fourth-order valence-electron chi connectivity index (χ4n) is 2.49. The molecule has 0 unspecified atom stereocenters. The minimum absolute atomic E-state index is 0.0717. The Morgan fingerprint density at radius 1 is 1.39 bits per heavy atom. The number of amides is 1. The molecule has 0 bridgehead atoms. The molecule has 1 heterocycles. The smallest absolute Gasteiger partial charge is 0.238 e.